The summed E-state index contributed by atoms with van der Waals surface area (Å²) in [6, 6.07) is 3.20. The monoisotopic (exact) mass is 287 g/mol. The van der Waals surface area contributed by atoms with Crippen molar-refractivity contribution in [2.24, 2.45) is 0 Å². The number of amides is 1. The third-order valence-electron chi connectivity index (χ3n) is 2.80. The Morgan fingerprint density at radius 3 is 3.05 bits per heavy atom. The van der Waals surface area contributed by atoms with Crippen LogP contribution in [0.25, 0.3) is 0 Å². The van der Waals surface area contributed by atoms with Crippen LogP contribution in [0.4, 0.5) is 8.78 Å². The van der Waals surface area contributed by atoms with Crippen molar-refractivity contribution in [3.63, 3.8) is 0 Å². The zero-order valence-electron chi connectivity index (χ0n) is 10.3. The van der Waals surface area contributed by atoms with Crippen LogP contribution >= 0.6 is 11.8 Å². The average Bonchev–Trinajstić information content (AvgIpc) is 2.90. The van der Waals surface area contributed by atoms with Crippen molar-refractivity contribution >= 4 is 17.7 Å². The lowest BCUT2D eigenvalue weighted by molar-refractivity contribution is -0.119. The Labute approximate surface area is 114 Å². The lowest BCUT2D eigenvalue weighted by Gasteiger charge is -2.10. The van der Waals surface area contributed by atoms with Gasteiger partial charge in [0.2, 0.25) is 5.91 Å². The highest BCUT2D eigenvalue weighted by Crippen LogP contribution is 2.22. The molecule has 0 bridgehead atoms. The van der Waals surface area contributed by atoms with Gasteiger partial charge >= 0.3 is 0 Å². The molecular weight excluding hydrogens is 272 g/mol. The molecule has 1 aromatic rings. The molecule has 1 atom stereocenters. The largest absolute Gasteiger partial charge is 0.376 e. The Hall–Kier alpha value is -1.14. The molecule has 3 nitrogen and oxygen atoms in total. The van der Waals surface area contributed by atoms with Gasteiger partial charge < -0.3 is 10.1 Å². The zero-order chi connectivity index (χ0) is 13.7. The van der Waals surface area contributed by atoms with Crippen molar-refractivity contribution in [1.29, 1.82) is 0 Å². The number of nitrogens with one attached hydrogen (secondary N) is 1. The first kappa shape index (κ1) is 14.3. The first-order valence-corrected chi connectivity index (χ1v) is 7.10. The molecule has 19 heavy (non-hydrogen) atoms. The number of benzene rings is 1. The van der Waals surface area contributed by atoms with Crippen LogP contribution in [0, 0.1) is 11.6 Å². The third kappa shape index (κ3) is 4.47. The van der Waals surface area contributed by atoms with Crippen molar-refractivity contribution < 1.29 is 18.3 Å². The van der Waals surface area contributed by atoms with Crippen molar-refractivity contribution in [3.8, 4) is 0 Å². The van der Waals surface area contributed by atoms with Crippen molar-refractivity contribution in [2.75, 3.05) is 18.9 Å². The number of halogens is 2. The van der Waals surface area contributed by atoms with E-state index in [1.54, 1.807) is 0 Å². The Morgan fingerprint density at radius 2 is 2.32 bits per heavy atom. The summed E-state index contributed by atoms with van der Waals surface area (Å²) in [5.41, 5.74) is 0. The van der Waals surface area contributed by atoms with Gasteiger partial charge in [-0.15, -0.1) is 11.8 Å². The zero-order valence-corrected chi connectivity index (χ0v) is 11.1. The fraction of sp³-hybridized carbons (Fsp3) is 0.462. The average molecular weight is 287 g/mol. The van der Waals surface area contributed by atoms with Crippen LogP contribution in [0.3, 0.4) is 0 Å². The highest BCUT2D eigenvalue weighted by Gasteiger charge is 2.16. The molecule has 1 aromatic carbocycles. The number of carbonyl (C=O) groups excluding carboxylic acids is 1. The molecule has 1 aliphatic heterocycles. The van der Waals surface area contributed by atoms with Crippen molar-refractivity contribution in [1.82, 2.24) is 5.32 Å². The van der Waals surface area contributed by atoms with Crippen LogP contribution in [-0.4, -0.2) is 30.9 Å². The van der Waals surface area contributed by atoms with E-state index >= 15 is 0 Å². The molecule has 0 aliphatic carbocycles. The number of carbonyl (C=O) groups is 1. The van der Waals surface area contributed by atoms with Gasteiger partial charge in [-0.1, -0.05) is 0 Å². The summed E-state index contributed by atoms with van der Waals surface area (Å²) >= 11 is 0.984. The Kier molecular flexibility index (Phi) is 5.15. The molecule has 1 heterocycles. The fourth-order valence-electron chi connectivity index (χ4n) is 1.82. The second-order valence-electron chi connectivity index (χ2n) is 4.30. The second-order valence-corrected chi connectivity index (χ2v) is 5.32. The summed E-state index contributed by atoms with van der Waals surface area (Å²) in [7, 11) is 0. The summed E-state index contributed by atoms with van der Waals surface area (Å²) in [6.45, 7) is 1.22. The summed E-state index contributed by atoms with van der Waals surface area (Å²) in [5.74, 6) is -1.17. The SMILES string of the molecule is O=C(CSc1cc(F)ccc1F)NC[C@H]1CCCO1. The summed E-state index contributed by atoms with van der Waals surface area (Å²) in [6.07, 6.45) is 2.05. The highest BCUT2D eigenvalue weighted by molar-refractivity contribution is 8.00. The van der Waals surface area contributed by atoms with E-state index in [2.05, 4.69) is 5.32 Å². The van der Waals surface area contributed by atoms with Crippen molar-refractivity contribution in [2.45, 2.75) is 23.8 Å². The number of rotatable bonds is 5. The van der Waals surface area contributed by atoms with Crippen LogP contribution < -0.4 is 5.32 Å². The van der Waals surface area contributed by atoms with Crippen LogP contribution in [0.2, 0.25) is 0 Å². The van der Waals surface area contributed by atoms with Crippen LogP contribution in [-0.2, 0) is 9.53 Å². The molecule has 1 amide bonds. The predicted molar refractivity (Wildman–Crippen MR) is 69.1 cm³/mol. The van der Waals surface area contributed by atoms with Gasteiger partial charge in [-0.2, -0.15) is 0 Å². The van der Waals surface area contributed by atoms with Gasteiger partial charge in [0.1, 0.15) is 11.6 Å². The lowest BCUT2D eigenvalue weighted by atomic mass is 10.2. The lowest BCUT2D eigenvalue weighted by Crippen LogP contribution is -2.32. The van der Waals surface area contributed by atoms with Gasteiger partial charge in [-0.25, -0.2) is 8.78 Å². The molecule has 1 saturated heterocycles. The molecule has 6 heteroatoms. The third-order valence-corrected chi connectivity index (χ3v) is 3.83. The maximum absolute atomic E-state index is 13.3. The normalized spacial score (nSPS) is 18.5. The second kappa shape index (κ2) is 6.86. The molecule has 0 aromatic heterocycles. The van der Waals surface area contributed by atoms with E-state index in [9.17, 15) is 13.6 Å². The first-order valence-electron chi connectivity index (χ1n) is 6.11. The molecular formula is C13H15F2NO2S. The standard InChI is InChI=1S/C13H15F2NO2S/c14-9-3-4-11(15)12(6-9)19-8-13(17)16-7-10-2-1-5-18-10/h3-4,6,10H,1-2,5,7-8H2,(H,16,17)/t10-/m1/s1. The topological polar surface area (TPSA) is 38.3 Å². The van der Waals surface area contributed by atoms with Gasteiger partial charge in [0.15, 0.2) is 0 Å². The Bertz CT molecular complexity index is 450. The van der Waals surface area contributed by atoms with Crippen molar-refractivity contribution in [3.05, 3.63) is 29.8 Å². The van der Waals surface area contributed by atoms with E-state index in [0.29, 0.717) is 6.54 Å². The van der Waals surface area contributed by atoms with Gasteiger partial charge in [0.25, 0.3) is 0 Å². The van der Waals surface area contributed by atoms with E-state index in [0.717, 1.165) is 49.4 Å². The summed E-state index contributed by atoms with van der Waals surface area (Å²) < 4.78 is 31.6. The molecule has 2 rings (SSSR count). The molecule has 0 radical (unpaired) electrons. The molecule has 1 N–H and O–H groups in total. The molecule has 0 unspecified atom stereocenters. The number of thioether (sulfide) groups is 1. The Balaban J connectivity index is 1.74. The number of hydrogen-bond donors (Lipinski definition) is 1. The molecule has 0 spiro atoms. The smallest absolute Gasteiger partial charge is 0.230 e. The van der Waals surface area contributed by atoms with E-state index in [-0.39, 0.29) is 22.7 Å². The first-order chi connectivity index (χ1) is 9.15. The molecule has 1 aliphatic rings. The van der Waals surface area contributed by atoms with Crippen LogP contribution in [0.5, 0.6) is 0 Å². The van der Waals surface area contributed by atoms with E-state index in [4.69, 9.17) is 4.74 Å². The summed E-state index contributed by atoms with van der Waals surface area (Å²) in [4.78, 5) is 11.7. The minimum atomic E-state index is -0.515. The minimum Gasteiger partial charge on any atom is -0.376 e. The maximum atomic E-state index is 13.3. The van der Waals surface area contributed by atoms with E-state index in [1.807, 2.05) is 0 Å². The van der Waals surface area contributed by atoms with Gasteiger partial charge in [-0.05, 0) is 31.0 Å². The van der Waals surface area contributed by atoms with Gasteiger partial charge in [0, 0.05) is 18.0 Å². The number of hydrogen-bond acceptors (Lipinski definition) is 3. The minimum absolute atomic E-state index is 0.0626. The highest BCUT2D eigenvalue weighted by atomic mass is 32.2. The molecule has 0 saturated carbocycles. The van der Waals surface area contributed by atoms with E-state index in [1.165, 1.54) is 0 Å². The van der Waals surface area contributed by atoms with Crippen LogP contribution in [0.15, 0.2) is 23.1 Å². The molecule has 104 valence electrons. The summed E-state index contributed by atoms with van der Waals surface area (Å²) in [5, 5.41) is 2.73. The quantitative estimate of drug-likeness (QED) is 0.845. The maximum Gasteiger partial charge on any atom is 0.230 e. The number of ether oxygens (including phenoxy) is 1. The fourth-order valence-corrected chi connectivity index (χ4v) is 2.61. The van der Waals surface area contributed by atoms with E-state index < -0.39 is 11.6 Å². The van der Waals surface area contributed by atoms with Crippen LogP contribution in [0.1, 0.15) is 12.8 Å². The van der Waals surface area contributed by atoms with Gasteiger partial charge in [0.05, 0.1) is 11.9 Å². The van der Waals surface area contributed by atoms with Gasteiger partial charge in [-0.3, -0.25) is 4.79 Å². The predicted octanol–water partition coefficient (Wildman–Crippen LogP) is 2.35. The Morgan fingerprint density at radius 1 is 1.47 bits per heavy atom. The molecule has 1 fully saturated rings.